The second-order valence-electron chi connectivity index (χ2n) is 4.39. The van der Waals surface area contributed by atoms with Crippen molar-refractivity contribution in [3.8, 4) is 0 Å². The lowest BCUT2D eigenvalue weighted by atomic mass is 10.1. The molecule has 10 heteroatoms. The summed E-state index contributed by atoms with van der Waals surface area (Å²) in [4.78, 5) is 23.8. The molecule has 0 radical (unpaired) electrons. The molecule has 126 valence electrons. The highest BCUT2D eigenvalue weighted by Crippen LogP contribution is 2.41. The fraction of sp³-hybridized carbons (Fsp3) is 0. The molecular weight excluding hydrogens is 426 g/mol. The molecule has 4 nitrogen and oxygen atoms in total. The molecule has 2 rings (SSSR count). The van der Waals surface area contributed by atoms with Gasteiger partial charge in [-0.15, -0.1) is 0 Å². The maximum Gasteiger partial charge on any atom is 0.338 e. The van der Waals surface area contributed by atoms with Crippen molar-refractivity contribution in [1.82, 2.24) is 0 Å². The minimum Gasteiger partial charge on any atom is -0.478 e. The Kier molecular flexibility index (Phi) is 5.83. The molecule has 2 aromatic rings. The molecule has 0 aliphatic heterocycles. The first-order chi connectivity index (χ1) is 11.1. The van der Waals surface area contributed by atoms with Crippen LogP contribution in [0.4, 0.5) is 10.1 Å². The predicted molar refractivity (Wildman–Crippen MR) is 92.8 cm³/mol. The molecule has 2 N–H and O–H groups in total. The van der Waals surface area contributed by atoms with E-state index in [0.29, 0.717) is 0 Å². The number of carboxylic acids is 1. The Balaban J connectivity index is 2.56. The molecule has 1 amide bonds. The van der Waals surface area contributed by atoms with Crippen LogP contribution in [0.15, 0.2) is 18.2 Å². The molecule has 0 saturated carbocycles. The molecule has 0 aromatic heterocycles. The number of carboxylic acid groups (broad SMARTS) is 1. The number of carbonyl (C=O) groups excluding carboxylic acids is 1. The molecule has 0 aliphatic carbocycles. The molecule has 24 heavy (non-hydrogen) atoms. The lowest BCUT2D eigenvalue weighted by Gasteiger charge is -2.14. The number of halogens is 6. The van der Waals surface area contributed by atoms with Crippen LogP contribution < -0.4 is 5.32 Å². The van der Waals surface area contributed by atoms with Gasteiger partial charge in [-0.2, -0.15) is 0 Å². The number of anilines is 1. The van der Waals surface area contributed by atoms with Crippen LogP contribution in [0.5, 0.6) is 0 Å². The van der Waals surface area contributed by atoms with Gasteiger partial charge in [0.1, 0.15) is 5.82 Å². The van der Waals surface area contributed by atoms with Crippen LogP contribution in [0.2, 0.25) is 25.1 Å². The fourth-order valence-corrected chi connectivity index (χ4v) is 3.01. The van der Waals surface area contributed by atoms with Crippen molar-refractivity contribution < 1.29 is 19.1 Å². The van der Waals surface area contributed by atoms with E-state index in [1.807, 2.05) is 0 Å². The van der Waals surface area contributed by atoms with Gasteiger partial charge in [-0.1, -0.05) is 58.0 Å². The number of carbonyl (C=O) groups is 2. The lowest BCUT2D eigenvalue weighted by Crippen LogP contribution is -2.18. The van der Waals surface area contributed by atoms with Crippen molar-refractivity contribution in [3.05, 3.63) is 60.3 Å². The Morgan fingerprint density at radius 3 is 1.96 bits per heavy atom. The van der Waals surface area contributed by atoms with E-state index in [-0.39, 0.29) is 25.8 Å². The van der Waals surface area contributed by atoms with Gasteiger partial charge < -0.3 is 10.4 Å². The predicted octanol–water partition coefficient (Wildman–Crippen LogP) is 6.04. The van der Waals surface area contributed by atoms with Crippen LogP contribution in [-0.4, -0.2) is 17.0 Å². The Hall–Kier alpha value is -1.24. The van der Waals surface area contributed by atoms with Crippen LogP contribution in [-0.2, 0) is 0 Å². The summed E-state index contributed by atoms with van der Waals surface area (Å²) in [7, 11) is 0. The zero-order chi connectivity index (χ0) is 18.2. The van der Waals surface area contributed by atoms with E-state index in [0.717, 1.165) is 12.1 Å². The first kappa shape index (κ1) is 19.1. The zero-order valence-electron chi connectivity index (χ0n) is 11.3. The third-order valence-electron chi connectivity index (χ3n) is 2.89. The summed E-state index contributed by atoms with van der Waals surface area (Å²) in [6, 6.07) is 3.40. The summed E-state index contributed by atoms with van der Waals surface area (Å²) >= 11 is 29.1. The average molecular weight is 431 g/mol. The molecule has 0 fully saturated rings. The standard InChI is InChI=1S/C14H5Cl5FNO3/c15-5-3-4(1-2-6(5)20)21-13(22)7-8(14(23)24)10(17)12(19)11(18)9(7)16/h1-3H,(H,21,22)(H,23,24). The second kappa shape index (κ2) is 7.33. The van der Waals surface area contributed by atoms with E-state index >= 15 is 0 Å². The second-order valence-corrected chi connectivity index (χ2v) is 6.31. The van der Waals surface area contributed by atoms with Crippen LogP contribution in [0.1, 0.15) is 20.7 Å². The number of hydrogen-bond acceptors (Lipinski definition) is 2. The third-order valence-corrected chi connectivity index (χ3v) is 4.98. The Morgan fingerprint density at radius 2 is 1.46 bits per heavy atom. The van der Waals surface area contributed by atoms with Gasteiger partial charge >= 0.3 is 5.97 Å². The van der Waals surface area contributed by atoms with E-state index in [2.05, 4.69) is 5.32 Å². The number of aromatic carboxylic acids is 1. The van der Waals surface area contributed by atoms with Gasteiger partial charge in [-0.05, 0) is 18.2 Å². The van der Waals surface area contributed by atoms with Crippen molar-refractivity contribution in [2.75, 3.05) is 5.32 Å². The molecule has 0 spiro atoms. The maximum atomic E-state index is 13.2. The van der Waals surface area contributed by atoms with Gasteiger partial charge in [0.2, 0.25) is 0 Å². The number of hydrogen-bond donors (Lipinski definition) is 2. The lowest BCUT2D eigenvalue weighted by molar-refractivity contribution is 0.0692. The van der Waals surface area contributed by atoms with E-state index < -0.39 is 33.8 Å². The van der Waals surface area contributed by atoms with Gasteiger partial charge in [-0.25, -0.2) is 9.18 Å². The highest BCUT2D eigenvalue weighted by molar-refractivity contribution is 6.54. The van der Waals surface area contributed by atoms with Gasteiger partial charge in [0.25, 0.3) is 5.91 Å². The van der Waals surface area contributed by atoms with Crippen molar-refractivity contribution in [2.24, 2.45) is 0 Å². The molecule has 0 heterocycles. The summed E-state index contributed by atoms with van der Waals surface area (Å²) in [6.07, 6.45) is 0. The Bertz CT molecular complexity index is 872. The quantitative estimate of drug-likeness (QED) is 0.460. The highest BCUT2D eigenvalue weighted by atomic mass is 35.5. The smallest absolute Gasteiger partial charge is 0.338 e. The summed E-state index contributed by atoms with van der Waals surface area (Å²) in [5, 5.41) is 10.0. The Labute approximate surface area is 160 Å². The largest absolute Gasteiger partial charge is 0.478 e. The normalized spacial score (nSPS) is 10.6. The van der Waals surface area contributed by atoms with E-state index in [1.165, 1.54) is 6.07 Å². The maximum absolute atomic E-state index is 13.2. The van der Waals surface area contributed by atoms with E-state index in [1.54, 1.807) is 0 Å². The first-order valence-electron chi connectivity index (χ1n) is 6.00. The summed E-state index contributed by atoms with van der Waals surface area (Å²) < 4.78 is 13.2. The van der Waals surface area contributed by atoms with Crippen molar-refractivity contribution in [3.63, 3.8) is 0 Å². The van der Waals surface area contributed by atoms with Crippen molar-refractivity contribution >= 4 is 75.6 Å². The van der Waals surface area contributed by atoms with Crippen molar-refractivity contribution in [1.29, 1.82) is 0 Å². The summed E-state index contributed by atoms with van der Waals surface area (Å²) in [6.45, 7) is 0. The molecule has 0 atom stereocenters. The summed E-state index contributed by atoms with van der Waals surface area (Å²) in [5.41, 5.74) is -0.980. The van der Waals surface area contributed by atoms with E-state index in [9.17, 15) is 19.1 Å². The van der Waals surface area contributed by atoms with Crippen LogP contribution in [0.25, 0.3) is 0 Å². The molecular formula is C14H5Cl5FNO3. The zero-order valence-corrected chi connectivity index (χ0v) is 15.0. The topological polar surface area (TPSA) is 66.4 Å². The third kappa shape index (κ3) is 3.55. The minimum atomic E-state index is -1.53. The van der Waals surface area contributed by atoms with Crippen molar-refractivity contribution in [2.45, 2.75) is 0 Å². The number of rotatable bonds is 3. The SMILES string of the molecule is O=C(O)c1c(Cl)c(Cl)c(Cl)c(Cl)c1C(=O)Nc1ccc(F)c(Cl)c1. The number of benzene rings is 2. The Morgan fingerprint density at radius 1 is 0.917 bits per heavy atom. The minimum absolute atomic E-state index is 0.112. The number of nitrogens with one attached hydrogen (secondary N) is 1. The molecule has 0 saturated heterocycles. The molecule has 2 aromatic carbocycles. The molecule has 0 unspecified atom stereocenters. The van der Waals surface area contributed by atoms with Gasteiger partial charge in [-0.3, -0.25) is 4.79 Å². The summed E-state index contributed by atoms with van der Waals surface area (Å²) in [5.74, 6) is -3.14. The average Bonchev–Trinajstić information content (AvgIpc) is 2.51. The molecule has 0 aliphatic rings. The van der Waals surface area contributed by atoms with Gasteiger partial charge in [0.05, 0.1) is 36.2 Å². The van der Waals surface area contributed by atoms with E-state index in [4.69, 9.17) is 58.0 Å². The van der Waals surface area contributed by atoms with Crippen LogP contribution >= 0.6 is 58.0 Å². The fourth-order valence-electron chi connectivity index (χ4n) is 1.81. The first-order valence-corrected chi connectivity index (χ1v) is 7.89. The monoisotopic (exact) mass is 429 g/mol. The van der Waals surface area contributed by atoms with Crippen LogP contribution in [0, 0.1) is 5.82 Å². The van der Waals surface area contributed by atoms with Gasteiger partial charge in [0, 0.05) is 5.69 Å². The van der Waals surface area contributed by atoms with Gasteiger partial charge in [0.15, 0.2) is 0 Å². The number of amides is 1. The van der Waals surface area contributed by atoms with Crippen LogP contribution in [0.3, 0.4) is 0 Å². The highest BCUT2D eigenvalue weighted by Gasteiger charge is 2.28. The molecule has 0 bridgehead atoms.